The summed E-state index contributed by atoms with van der Waals surface area (Å²) in [5, 5.41) is 21.4. The van der Waals surface area contributed by atoms with E-state index in [0.29, 0.717) is 6.42 Å². The van der Waals surface area contributed by atoms with E-state index in [9.17, 15) is 10.2 Å². The van der Waals surface area contributed by atoms with Gasteiger partial charge in [-0.15, -0.1) is 11.3 Å². The van der Waals surface area contributed by atoms with E-state index in [1.807, 2.05) is 11.4 Å². The Hall–Kier alpha value is -1.39. The quantitative estimate of drug-likeness (QED) is 0.859. The highest BCUT2D eigenvalue weighted by Gasteiger charge is 2.07. The van der Waals surface area contributed by atoms with Crippen molar-refractivity contribution in [2.24, 2.45) is 0 Å². The van der Waals surface area contributed by atoms with E-state index >= 15 is 0 Å². The molecule has 2 aromatic rings. The molecule has 2 rings (SSSR count). The van der Waals surface area contributed by atoms with Crippen LogP contribution in [0, 0.1) is 0 Å². The first kappa shape index (κ1) is 11.1. The summed E-state index contributed by atoms with van der Waals surface area (Å²) in [6.07, 6.45) is 0.189. The van der Waals surface area contributed by atoms with E-state index in [1.54, 1.807) is 25.1 Å². The molecule has 16 heavy (non-hydrogen) atoms. The summed E-state index contributed by atoms with van der Waals surface area (Å²) in [5.74, 6) is 0.241. The number of hydrogen-bond donors (Lipinski definition) is 2. The van der Waals surface area contributed by atoms with Gasteiger partial charge < -0.3 is 10.2 Å². The maximum atomic E-state index is 9.36. The van der Waals surface area contributed by atoms with Crippen molar-refractivity contribution in [3.8, 4) is 16.3 Å². The van der Waals surface area contributed by atoms with E-state index in [1.165, 1.54) is 11.3 Å². The maximum absolute atomic E-state index is 9.36. The van der Waals surface area contributed by atoms with Crippen molar-refractivity contribution < 1.29 is 10.2 Å². The number of aliphatic hydroxyl groups excluding tert-OH is 1. The molecule has 0 saturated heterocycles. The smallest absolute Gasteiger partial charge is 0.123 e. The van der Waals surface area contributed by atoms with Gasteiger partial charge in [-0.05, 0) is 19.1 Å². The predicted molar refractivity (Wildman–Crippen MR) is 64.6 cm³/mol. The number of hydrogen-bond acceptors (Lipinski definition) is 4. The normalized spacial score (nSPS) is 12.6. The molecule has 0 radical (unpaired) electrons. The van der Waals surface area contributed by atoms with Gasteiger partial charge in [0.15, 0.2) is 0 Å². The summed E-state index contributed by atoms with van der Waals surface area (Å²) in [7, 11) is 0. The molecule has 0 aliphatic heterocycles. The Labute approximate surface area is 98.0 Å². The second-order valence-corrected chi connectivity index (χ2v) is 4.61. The molecule has 2 N–H and O–H groups in total. The number of nitrogens with zero attached hydrogens (tertiary/aromatic N) is 1. The third-order valence-corrected chi connectivity index (χ3v) is 3.09. The molecule has 0 spiro atoms. The van der Waals surface area contributed by atoms with Crippen LogP contribution in [0.1, 0.15) is 12.6 Å². The molecule has 0 aliphatic rings. The van der Waals surface area contributed by atoms with Gasteiger partial charge in [0.2, 0.25) is 0 Å². The molecular weight excluding hydrogens is 222 g/mol. The van der Waals surface area contributed by atoms with Crippen LogP contribution < -0.4 is 0 Å². The van der Waals surface area contributed by atoms with E-state index < -0.39 is 0 Å². The fraction of sp³-hybridized carbons (Fsp3) is 0.250. The number of phenolic OH excluding ortho intramolecular Hbond substituents is 1. The van der Waals surface area contributed by atoms with Crippen LogP contribution in [0.3, 0.4) is 0 Å². The second-order valence-electron chi connectivity index (χ2n) is 3.75. The highest BCUT2D eigenvalue weighted by Crippen LogP contribution is 2.26. The topological polar surface area (TPSA) is 53.4 Å². The van der Waals surface area contributed by atoms with E-state index in [-0.39, 0.29) is 11.9 Å². The van der Waals surface area contributed by atoms with Crippen LogP contribution in [-0.4, -0.2) is 21.3 Å². The molecule has 0 fully saturated rings. The van der Waals surface area contributed by atoms with Crippen LogP contribution in [0.5, 0.6) is 5.75 Å². The molecule has 0 saturated carbocycles. The summed E-state index contributed by atoms with van der Waals surface area (Å²) in [5.41, 5.74) is 1.79. The maximum Gasteiger partial charge on any atom is 0.123 e. The van der Waals surface area contributed by atoms with Gasteiger partial charge in [-0.2, -0.15) is 0 Å². The van der Waals surface area contributed by atoms with Crippen LogP contribution in [0.15, 0.2) is 29.6 Å². The molecule has 1 aromatic heterocycles. The number of phenols is 1. The van der Waals surface area contributed by atoms with E-state index in [2.05, 4.69) is 4.98 Å². The molecule has 0 bridgehead atoms. The lowest BCUT2D eigenvalue weighted by Crippen LogP contribution is -2.04. The largest absolute Gasteiger partial charge is 0.508 e. The summed E-state index contributed by atoms with van der Waals surface area (Å²) >= 11 is 1.52. The zero-order valence-electron chi connectivity index (χ0n) is 8.92. The molecule has 3 nitrogen and oxygen atoms in total. The Morgan fingerprint density at radius 3 is 2.94 bits per heavy atom. The van der Waals surface area contributed by atoms with Gasteiger partial charge in [-0.25, -0.2) is 4.98 Å². The van der Waals surface area contributed by atoms with Crippen LogP contribution in [0.2, 0.25) is 0 Å². The van der Waals surface area contributed by atoms with Crippen molar-refractivity contribution in [2.45, 2.75) is 19.4 Å². The van der Waals surface area contributed by atoms with Crippen molar-refractivity contribution in [1.29, 1.82) is 0 Å². The number of aromatic hydroxyl groups is 1. The molecule has 1 aromatic carbocycles. The second kappa shape index (κ2) is 4.63. The summed E-state index contributed by atoms with van der Waals surface area (Å²) in [6, 6.07) is 7.02. The molecular formula is C12H13NO2S. The molecule has 1 atom stereocenters. The number of aliphatic hydroxyl groups is 1. The monoisotopic (exact) mass is 235 g/mol. The van der Waals surface area contributed by atoms with Crippen LogP contribution in [0.25, 0.3) is 10.6 Å². The Morgan fingerprint density at radius 2 is 2.25 bits per heavy atom. The first-order chi connectivity index (χ1) is 7.65. The van der Waals surface area contributed by atoms with Gasteiger partial charge >= 0.3 is 0 Å². The van der Waals surface area contributed by atoms with Crippen LogP contribution in [0.4, 0.5) is 0 Å². The Bertz CT molecular complexity index is 479. The zero-order valence-corrected chi connectivity index (χ0v) is 9.74. The van der Waals surface area contributed by atoms with Crippen molar-refractivity contribution in [2.75, 3.05) is 0 Å². The first-order valence-electron chi connectivity index (χ1n) is 5.07. The predicted octanol–water partition coefficient (Wildman–Crippen LogP) is 2.44. The summed E-state index contributed by atoms with van der Waals surface area (Å²) in [6.45, 7) is 1.74. The lowest BCUT2D eigenvalue weighted by Gasteiger charge is -1.99. The fourth-order valence-corrected chi connectivity index (χ4v) is 2.30. The lowest BCUT2D eigenvalue weighted by molar-refractivity contribution is 0.194. The Balaban J connectivity index is 2.24. The Morgan fingerprint density at radius 1 is 1.44 bits per heavy atom. The highest BCUT2D eigenvalue weighted by molar-refractivity contribution is 7.13. The molecule has 0 aliphatic carbocycles. The summed E-state index contributed by atoms with van der Waals surface area (Å²) in [4.78, 5) is 4.41. The highest BCUT2D eigenvalue weighted by atomic mass is 32.1. The minimum Gasteiger partial charge on any atom is -0.508 e. The third kappa shape index (κ3) is 2.59. The van der Waals surface area contributed by atoms with Gasteiger partial charge in [0.25, 0.3) is 0 Å². The standard InChI is InChI=1S/C12H13NO2S/c1-8(14)5-10-7-16-12(13-10)9-3-2-4-11(15)6-9/h2-4,6-8,14-15H,5H2,1H3. The van der Waals surface area contributed by atoms with Crippen molar-refractivity contribution in [3.05, 3.63) is 35.3 Å². The van der Waals surface area contributed by atoms with Gasteiger partial charge in [0.1, 0.15) is 10.8 Å². The van der Waals surface area contributed by atoms with Gasteiger partial charge in [0.05, 0.1) is 11.8 Å². The van der Waals surface area contributed by atoms with E-state index in [4.69, 9.17) is 0 Å². The van der Waals surface area contributed by atoms with Crippen LogP contribution in [-0.2, 0) is 6.42 Å². The third-order valence-electron chi connectivity index (χ3n) is 2.15. The minimum absolute atomic E-state index is 0.241. The average Bonchev–Trinajstić information content (AvgIpc) is 2.65. The molecule has 84 valence electrons. The number of thiazole rings is 1. The molecule has 0 amide bonds. The van der Waals surface area contributed by atoms with Crippen LogP contribution >= 0.6 is 11.3 Å². The zero-order chi connectivity index (χ0) is 11.5. The van der Waals surface area contributed by atoms with Crippen molar-refractivity contribution >= 4 is 11.3 Å². The first-order valence-corrected chi connectivity index (χ1v) is 5.95. The van der Waals surface area contributed by atoms with Crippen molar-refractivity contribution in [3.63, 3.8) is 0 Å². The SMILES string of the molecule is CC(O)Cc1csc(-c2cccc(O)c2)n1. The fourth-order valence-electron chi connectivity index (χ4n) is 1.47. The number of aromatic nitrogens is 1. The number of benzene rings is 1. The van der Waals surface area contributed by atoms with Gasteiger partial charge in [-0.3, -0.25) is 0 Å². The molecule has 4 heteroatoms. The minimum atomic E-state index is -0.376. The van der Waals surface area contributed by atoms with Gasteiger partial charge in [0, 0.05) is 17.4 Å². The molecule has 1 heterocycles. The van der Waals surface area contributed by atoms with Gasteiger partial charge in [-0.1, -0.05) is 12.1 Å². The Kier molecular flexibility index (Phi) is 3.22. The molecule has 1 unspecified atom stereocenters. The average molecular weight is 235 g/mol. The van der Waals surface area contributed by atoms with Crippen molar-refractivity contribution in [1.82, 2.24) is 4.98 Å². The number of rotatable bonds is 3. The van der Waals surface area contributed by atoms with E-state index in [0.717, 1.165) is 16.3 Å². The summed E-state index contributed by atoms with van der Waals surface area (Å²) < 4.78 is 0. The lowest BCUT2D eigenvalue weighted by atomic mass is 10.2.